The molecule has 0 fully saturated rings. The first-order chi connectivity index (χ1) is 8.08. The van der Waals surface area contributed by atoms with Gasteiger partial charge in [-0.05, 0) is 43.9 Å². The molecule has 1 aromatic rings. The van der Waals surface area contributed by atoms with E-state index in [9.17, 15) is 4.79 Å². The Balaban J connectivity index is 2.31. The summed E-state index contributed by atoms with van der Waals surface area (Å²) >= 11 is 0. The minimum Gasteiger partial charge on any atom is -0.479 e. The van der Waals surface area contributed by atoms with E-state index in [4.69, 9.17) is 9.84 Å². The molecule has 1 aromatic heterocycles. The summed E-state index contributed by atoms with van der Waals surface area (Å²) in [5, 5.41) is 9.02. The Morgan fingerprint density at radius 1 is 1.47 bits per heavy atom. The van der Waals surface area contributed by atoms with Crippen LogP contribution in [0.2, 0.25) is 0 Å². The molecule has 1 unspecified atom stereocenters. The highest BCUT2D eigenvalue weighted by molar-refractivity contribution is 5.76. The number of hydrogen-bond donors (Lipinski definition) is 1. The minimum absolute atomic E-state index is 0.457. The molecule has 0 aliphatic carbocycles. The van der Waals surface area contributed by atoms with E-state index in [0.29, 0.717) is 13.0 Å². The number of nitrogens with zero attached hydrogens (tertiary/aromatic N) is 1. The molecule has 0 bridgehead atoms. The molecular weight excluding hydrogens is 218 g/mol. The number of carbonyl (C=O) groups is 1. The molecule has 0 amide bonds. The summed E-state index contributed by atoms with van der Waals surface area (Å²) in [4.78, 5) is 14.9. The third-order valence-corrected chi connectivity index (χ3v) is 2.91. The lowest BCUT2D eigenvalue weighted by atomic mass is 10.0. The van der Waals surface area contributed by atoms with Crippen molar-refractivity contribution in [3.8, 4) is 0 Å². The van der Waals surface area contributed by atoms with E-state index >= 15 is 0 Å². The van der Waals surface area contributed by atoms with Gasteiger partial charge >= 0.3 is 5.97 Å². The first-order valence-corrected chi connectivity index (χ1v) is 5.85. The van der Waals surface area contributed by atoms with Crippen LogP contribution in [0.25, 0.3) is 0 Å². The van der Waals surface area contributed by atoms with Crippen LogP contribution in [0.1, 0.15) is 32.3 Å². The highest BCUT2D eigenvalue weighted by Gasteiger charge is 2.31. The number of carboxylic acids is 1. The second kappa shape index (κ2) is 6.35. The van der Waals surface area contributed by atoms with Gasteiger partial charge in [-0.1, -0.05) is 6.92 Å². The van der Waals surface area contributed by atoms with Crippen molar-refractivity contribution in [3.05, 3.63) is 30.1 Å². The van der Waals surface area contributed by atoms with Crippen LogP contribution >= 0.6 is 0 Å². The van der Waals surface area contributed by atoms with Crippen molar-refractivity contribution in [1.82, 2.24) is 4.98 Å². The lowest BCUT2D eigenvalue weighted by molar-refractivity contribution is -0.164. The van der Waals surface area contributed by atoms with Gasteiger partial charge in [-0.25, -0.2) is 4.79 Å². The Bertz CT molecular complexity index is 353. The average molecular weight is 237 g/mol. The van der Waals surface area contributed by atoms with Crippen molar-refractivity contribution in [3.63, 3.8) is 0 Å². The van der Waals surface area contributed by atoms with Gasteiger partial charge in [0.1, 0.15) is 0 Å². The predicted octanol–water partition coefficient (Wildman–Crippen LogP) is 2.28. The molecule has 4 nitrogen and oxygen atoms in total. The number of hydrogen-bond acceptors (Lipinski definition) is 3. The van der Waals surface area contributed by atoms with Gasteiger partial charge in [0.25, 0.3) is 0 Å². The molecular formula is C13H19NO3. The second-order valence-electron chi connectivity index (χ2n) is 4.20. The molecule has 0 radical (unpaired) electrons. The van der Waals surface area contributed by atoms with E-state index in [2.05, 4.69) is 4.98 Å². The van der Waals surface area contributed by atoms with Crippen molar-refractivity contribution in [2.24, 2.45) is 0 Å². The Kier molecular flexibility index (Phi) is 5.10. The normalized spacial score (nSPS) is 14.2. The van der Waals surface area contributed by atoms with E-state index < -0.39 is 11.6 Å². The summed E-state index contributed by atoms with van der Waals surface area (Å²) in [5.74, 6) is -0.899. The molecule has 94 valence electrons. The van der Waals surface area contributed by atoms with Gasteiger partial charge in [-0.15, -0.1) is 0 Å². The Morgan fingerprint density at radius 3 is 2.65 bits per heavy atom. The summed E-state index contributed by atoms with van der Waals surface area (Å²) in [6, 6.07) is 3.91. The van der Waals surface area contributed by atoms with E-state index in [1.165, 1.54) is 5.56 Å². The number of aryl methyl sites for hydroxylation is 1. The molecule has 0 spiro atoms. The molecule has 0 aromatic carbocycles. The van der Waals surface area contributed by atoms with Gasteiger partial charge in [0.05, 0.1) is 0 Å². The van der Waals surface area contributed by atoms with E-state index in [1.54, 1.807) is 19.3 Å². The summed E-state index contributed by atoms with van der Waals surface area (Å²) < 4.78 is 5.45. The number of ether oxygens (including phenoxy) is 1. The molecule has 1 heterocycles. The van der Waals surface area contributed by atoms with Crippen LogP contribution in [0.3, 0.4) is 0 Å². The maximum Gasteiger partial charge on any atom is 0.335 e. The van der Waals surface area contributed by atoms with Crippen molar-refractivity contribution in [2.75, 3.05) is 6.61 Å². The van der Waals surface area contributed by atoms with Gasteiger partial charge in [0.15, 0.2) is 5.60 Å². The molecule has 17 heavy (non-hydrogen) atoms. The average Bonchev–Trinajstić information content (AvgIpc) is 2.35. The summed E-state index contributed by atoms with van der Waals surface area (Å²) in [5.41, 5.74) is 0.134. The van der Waals surface area contributed by atoms with E-state index in [0.717, 1.165) is 12.8 Å². The van der Waals surface area contributed by atoms with Gasteiger partial charge in [0.2, 0.25) is 0 Å². The molecule has 0 aliphatic heterocycles. The third kappa shape index (κ3) is 4.15. The zero-order chi connectivity index (χ0) is 12.7. The van der Waals surface area contributed by atoms with Gasteiger partial charge in [-0.2, -0.15) is 0 Å². The predicted molar refractivity (Wildman–Crippen MR) is 64.8 cm³/mol. The van der Waals surface area contributed by atoms with Crippen LogP contribution in [0, 0.1) is 0 Å². The van der Waals surface area contributed by atoms with Crippen molar-refractivity contribution in [1.29, 1.82) is 0 Å². The van der Waals surface area contributed by atoms with E-state index in [1.807, 2.05) is 19.1 Å². The summed E-state index contributed by atoms with van der Waals surface area (Å²) in [6.07, 6.45) is 5.67. The molecule has 0 saturated heterocycles. The lowest BCUT2D eigenvalue weighted by Crippen LogP contribution is -2.37. The third-order valence-electron chi connectivity index (χ3n) is 2.91. The molecule has 1 N–H and O–H groups in total. The number of aromatic nitrogens is 1. The zero-order valence-electron chi connectivity index (χ0n) is 10.3. The Labute approximate surface area is 102 Å². The van der Waals surface area contributed by atoms with Gasteiger partial charge in [0, 0.05) is 19.0 Å². The first kappa shape index (κ1) is 13.6. The topological polar surface area (TPSA) is 59.4 Å². The molecule has 4 heteroatoms. The number of aliphatic carboxylic acids is 1. The van der Waals surface area contributed by atoms with Crippen LogP contribution in [-0.4, -0.2) is 28.3 Å². The Hall–Kier alpha value is -1.42. The van der Waals surface area contributed by atoms with Crippen molar-refractivity contribution in [2.45, 2.75) is 38.7 Å². The summed E-state index contributed by atoms with van der Waals surface area (Å²) in [7, 11) is 0. The van der Waals surface area contributed by atoms with Crippen LogP contribution in [0.15, 0.2) is 24.5 Å². The van der Waals surface area contributed by atoms with Gasteiger partial charge in [-0.3, -0.25) is 4.98 Å². The largest absolute Gasteiger partial charge is 0.479 e. The number of pyridine rings is 1. The number of rotatable bonds is 7. The Morgan fingerprint density at radius 2 is 2.12 bits per heavy atom. The molecule has 0 aliphatic rings. The van der Waals surface area contributed by atoms with E-state index in [-0.39, 0.29) is 0 Å². The van der Waals surface area contributed by atoms with Crippen molar-refractivity contribution >= 4 is 5.97 Å². The second-order valence-corrected chi connectivity index (χ2v) is 4.20. The van der Waals surface area contributed by atoms with Crippen LogP contribution in [0.5, 0.6) is 0 Å². The smallest absolute Gasteiger partial charge is 0.335 e. The highest BCUT2D eigenvalue weighted by atomic mass is 16.5. The van der Waals surface area contributed by atoms with Gasteiger partial charge < -0.3 is 9.84 Å². The fourth-order valence-corrected chi connectivity index (χ4v) is 1.44. The highest BCUT2D eigenvalue weighted by Crippen LogP contribution is 2.16. The van der Waals surface area contributed by atoms with Crippen LogP contribution in [0.4, 0.5) is 0 Å². The van der Waals surface area contributed by atoms with Crippen molar-refractivity contribution < 1.29 is 14.6 Å². The zero-order valence-corrected chi connectivity index (χ0v) is 10.3. The molecule has 1 rings (SSSR count). The van der Waals surface area contributed by atoms with Crippen LogP contribution < -0.4 is 0 Å². The maximum atomic E-state index is 11.0. The fraction of sp³-hybridized carbons (Fsp3) is 0.538. The maximum absolute atomic E-state index is 11.0. The monoisotopic (exact) mass is 237 g/mol. The minimum atomic E-state index is -1.06. The quantitative estimate of drug-likeness (QED) is 0.739. The van der Waals surface area contributed by atoms with Crippen LogP contribution in [-0.2, 0) is 16.0 Å². The molecule has 1 atom stereocenters. The molecule has 0 saturated carbocycles. The summed E-state index contributed by atoms with van der Waals surface area (Å²) in [6.45, 7) is 3.89. The number of carboxylic acid groups (broad SMARTS) is 1. The first-order valence-electron chi connectivity index (χ1n) is 5.85. The lowest BCUT2D eigenvalue weighted by Gasteiger charge is -2.23. The standard InChI is InChI=1S/C13H19NO3/c1-3-13(2,12(15)16)17-10-4-5-11-6-8-14-9-7-11/h6-9H,3-5,10H2,1-2H3,(H,15,16). The SMILES string of the molecule is CCC(C)(OCCCc1ccncc1)C(=O)O. The fourth-order valence-electron chi connectivity index (χ4n) is 1.44.